The van der Waals surface area contributed by atoms with Crippen LogP contribution >= 0.6 is 0 Å². The van der Waals surface area contributed by atoms with Crippen molar-refractivity contribution in [2.24, 2.45) is 0 Å². The van der Waals surface area contributed by atoms with E-state index >= 15 is 0 Å². The molecule has 2 atom stereocenters. The number of aromatic amines is 1. The number of para-hydroxylation sites is 1. The number of Topliss-reactive ketones (excluding diaryl/α,β-unsaturated/α-hetero) is 1. The molecule has 0 aliphatic rings. The van der Waals surface area contributed by atoms with Crippen molar-refractivity contribution < 1.29 is 24.3 Å². The Morgan fingerprint density at radius 2 is 1.93 bits per heavy atom. The van der Waals surface area contributed by atoms with Gasteiger partial charge < -0.3 is 26.1 Å². The molecule has 1 heterocycles. The number of nitrogens with one attached hydrogen (secondary N) is 4. The molecule has 156 valence electrons. The molecular formula is C20H21N5O5. The number of aromatic nitrogens is 1. The number of nitrogens with zero attached hydrogens (tertiary/aromatic N) is 1. The van der Waals surface area contributed by atoms with E-state index in [1.54, 1.807) is 12.3 Å². The molecule has 0 fully saturated rings. The van der Waals surface area contributed by atoms with Gasteiger partial charge in [-0.2, -0.15) is 5.26 Å². The second-order valence-electron chi connectivity index (χ2n) is 6.57. The zero-order chi connectivity index (χ0) is 22.1. The van der Waals surface area contributed by atoms with Crippen LogP contribution in [0.4, 0.5) is 0 Å². The summed E-state index contributed by atoms with van der Waals surface area (Å²) in [6.07, 6.45) is 1.49. The summed E-state index contributed by atoms with van der Waals surface area (Å²) in [5, 5.41) is 30.5. The van der Waals surface area contributed by atoms with Crippen molar-refractivity contribution in [1.82, 2.24) is 15.6 Å². The zero-order valence-electron chi connectivity index (χ0n) is 16.0. The van der Waals surface area contributed by atoms with Crippen LogP contribution in [0.2, 0.25) is 0 Å². The fourth-order valence-electron chi connectivity index (χ4n) is 2.94. The van der Waals surface area contributed by atoms with Gasteiger partial charge in [0.1, 0.15) is 18.5 Å². The number of hydrogen-bond acceptors (Lipinski definition) is 6. The van der Waals surface area contributed by atoms with Gasteiger partial charge in [-0.05, 0) is 18.1 Å². The first-order chi connectivity index (χ1) is 14.3. The molecule has 2 amide bonds. The maximum Gasteiger partial charge on any atom is 0.326 e. The normalized spacial score (nSPS) is 12.4. The van der Waals surface area contributed by atoms with E-state index in [2.05, 4.69) is 15.6 Å². The van der Waals surface area contributed by atoms with Gasteiger partial charge in [0.05, 0.1) is 12.3 Å². The Balaban J connectivity index is 2.19. The minimum atomic E-state index is -1.36. The van der Waals surface area contributed by atoms with Gasteiger partial charge in [-0.3, -0.25) is 14.4 Å². The number of fused-ring (bicyclic) bond motifs is 1. The summed E-state index contributed by atoms with van der Waals surface area (Å²) < 4.78 is 0. The maximum absolute atomic E-state index is 12.8. The lowest BCUT2D eigenvalue weighted by Crippen LogP contribution is -2.52. The number of carboxylic acids is 1. The highest BCUT2D eigenvalue weighted by molar-refractivity contribution is 6.26. The van der Waals surface area contributed by atoms with Crippen molar-refractivity contribution in [2.45, 2.75) is 37.8 Å². The van der Waals surface area contributed by atoms with Crippen LogP contribution in [-0.4, -0.2) is 52.0 Å². The molecule has 0 unspecified atom stereocenters. The predicted molar refractivity (Wildman–Crippen MR) is 107 cm³/mol. The Morgan fingerprint density at radius 1 is 1.20 bits per heavy atom. The van der Waals surface area contributed by atoms with Crippen LogP contribution in [0.5, 0.6) is 0 Å². The van der Waals surface area contributed by atoms with E-state index in [1.807, 2.05) is 24.3 Å². The zero-order valence-corrected chi connectivity index (χ0v) is 16.0. The minimum absolute atomic E-state index is 0.0682. The summed E-state index contributed by atoms with van der Waals surface area (Å²) in [6.45, 7) is 0. The first-order valence-corrected chi connectivity index (χ1v) is 9.13. The highest BCUT2D eigenvalue weighted by Gasteiger charge is 2.27. The monoisotopic (exact) mass is 411 g/mol. The molecule has 0 bridgehead atoms. The van der Waals surface area contributed by atoms with Gasteiger partial charge in [0.25, 0.3) is 0 Å². The molecule has 0 spiro atoms. The van der Waals surface area contributed by atoms with Crippen LogP contribution in [-0.2, 0) is 25.6 Å². The number of ketones is 1. The van der Waals surface area contributed by atoms with Crippen molar-refractivity contribution in [2.75, 3.05) is 0 Å². The molecule has 1 aromatic heterocycles. The first-order valence-electron chi connectivity index (χ1n) is 9.13. The summed E-state index contributed by atoms with van der Waals surface area (Å²) in [6, 6.07) is 6.57. The Hall–Kier alpha value is -4.00. The molecule has 0 saturated carbocycles. The molecule has 1 aromatic carbocycles. The summed E-state index contributed by atoms with van der Waals surface area (Å²) in [4.78, 5) is 50.5. The van der Waals surface area contributed by atoms with Crippen molar-refractivity contribution in [3.05, 3.63) is 36.0 Å². The third-order valence-electron chi connectivity index (χ3n) is 4.45. The number of carbonyl (C=O) groups is 4. The Kier molecular flexibility index (Phi) is 7.82. The molecule has 0 aliphatic carbocycles. The third kappa shape index (κ3) is 6.00. The lowest BCUT2D eigenvalue weighted by atomic mass is 10.0. The summed E-state index contributed by atoms with van der Waals surface area (Å²) >= 11 is 0. The number of H-pyrrole nitrogens is 1. The van der Waals surface area contributed by atoms with Gasteiger partial charge in [0, 0.05) is 29.9 Å². The van der Waals surface area contributed by atoms with E-state index in [0.29, 0.717) is 6.21 Å². The SMILES string of the molecule is N#CCC(=O)N[C@@H](Cc1c[nH]c2ccccc12)C(=O)N[C@@H](CCC(=O)C=N)C(=O)O. The Bertz CT molecular complexity index is 1010. The first kappa shape index (κ1) is 22.3. The van der Waals surface area contributed by atoms with E-state index in [1.165, 1.54) is 0 Å². The average Bonchev–Trinajstić information content (AvgIpc) is 3.13. The number of rotatable bonds is 11. The largest absolute Gasteiger partial charge is 0.480 e. The van der Waals surface area contributed by atoms with Crippen LogP contribution in [0, 0.1) is 16.7 Å². The van der Waals surface area contributed by atoms with Crippen molar-refractivity contribution >= 4 is 40.7 Å². The van der Waals surface area contributed by atoms with Gasteiger partial charge in [0.2, 0.25) is 11.8 Å². The fourth-order valence-corrected chi connectivity index (χ4v) is 2.94. The number of amides is 2. The topological polar surface area (TPSA) is 176 Å². The smallest absolute Gasteiger partial charge is 0.326 e. The van der Waals surface area contributed by atoms with Gasteiger partial charge in [-0.25, -0.2) is 4.79 Å². The summed E-state index contributed by atoms with van der Waals surface area (Å²) in [5.74, 6) is -3.31. The van der Waals surface area contributed by atoms with E-state index in [-0.39, 0.29) is 19.3 Å². The number of nitriles is 1. The van der Waals surface area contributed by atoms with E-state index in [9.17, 15) is 24.3 Å². The highest BCUT2D eigenvalue weighted by Crippen LogP contribution is 2.19. The number of aliphatic carboxylic acids is 1. The third-order valence-corrected chi connectivity index (χ3v) is 4.45. The molecule has 10 heteroatoms. The van der Waals surface area contributed by atoms with E-state index in [0.717, 1.165) is 16.5 Å². The van der Waals surface area contributed by atoms with Gasteiger partial charge in [-0.1, -0.05) is 18.2 Å². The standard InChI is InChI=1S/C20H21N5O5/c21-8-7-18(27)24-17(9-12-11-23-15-4-2-1-3-14(12)15)19(28)25-16(20(29)30)6-5-13(26)10-22/h1-4,10-11,16-17,22-23H,5-7,9H2,(H,24,27)(H,25,28)(H,29,30)/t16-,17-/m0/s1. The number of carbonyl (C=O) groups excluding carboxylic acids is 3. The molecule has 0 radical (unpaired) electrons. The maximum atomic E-state index is 12.8. The second kappa shape index (κ2) is 10.5. The predicted octanol–water partition coefficient (Wildman–Crippen LogP) is 0.677. The second-order valence-corrected chi connectivity index (χ2v) is 6.57. The molecule has 10 nitrogen and oxygen atoms in total. The van der Waals surface area contributed by atoms with Crippen LogP contribution < -0.4 is 10.6 Å². The molecule has 0 saturated heterocycles. The number of hydrogen-bond donors (Lipinski definition) is 5. The summed E-state index contributed by atoms with van der Waals surface area (Å²) in [7, 11) is 0. The molecule has 0 aliphatic heterocycles. The lowest BCUT2D eigenvalue weighted by Gasteiger charge is -2.21. The van der Waals surface area contributed by atoms with Crippen molar-refractivity contribution in [3.63, 3.8) is 0 Å². The van der Waals surface area contributed by atoms with Crippen LogP contribution in [0.3, 0.4) is 0 Å². The average molecular weight is 411 g/mol. The molecule has 2 aromatic rings. The molecule has 5 N–H and O–H groups in total. The van der Waals surface area contributed by atoms with Crippen LogP contribution in [0.1, 0.15) is 24.8 Å². The minimum Gasteiger partial charge on any atom is -0.480 e. The molecular weight excluding hydrogens is 390 g/mol. The molecule has 2 rings (SSSR count). The number of benzene rings is 1. The van der Waals surface area contributed by atoms with E-state index < -0.39 is 42.1 Å². The van der Waals surface area contributed by atoms with Crippen molar-refractivity contribution in [1.29, 1.82) is 10.7 Å². The number of carboxylic acid groups (broad SMARTS) is 1. The fraction of sp³-hybridized carbons (Fsp3) is 0.300. The Labute approximate surface area is 171 Å². The van der Waals surface area contributed by atoms with E-state index in [4.69, 9.17) is 10.7 Å². The summed E-state index contributed by atoms with van der Waals surface area (Å²) in [5.41, 5.74) is 1.57. The van der Waals surface area contributed by atoms with Gasteiger partial charge in [-0.15, -0.1) is 0 Å². The molecule has 30 heavy (non-hydrogen) atoms. The lowest BCUT2D eigenvalue weighted by molar-refractivity contribution is -0.142. The van der Waals surface area contributed by atoms with Gasteiger partial charge in [0.15, 0.2) is 5.78 Å². The quantitative estimate of drug-likeness (QED) is 0.339. The van der Waals surface area contributed by atoms with Gasteiger partial charge >= 0.3 is 5.97 Å². The van der Waals surface area contributed by atoms with Crippen LogP contribution in [0.25, 0.3) is 10.9 Å². The van der Waals surface area contributed by atoms with Crippen LogP contribution in [0.15, 0.2) is 30.5 Å². The van der Waals surface area contributed by atoms with Crippen molar-refractivity contribution in [3.8, 4) is 6.07 Å². The highest BCUT2D eigenvalue weighted by atomic mass is 16.4. The Morgan fingerprint density at radius 3 is 2.60 bits per heavy atom.